The summed E-state index contributed by atoms with van der Waals surface area (Å²) in [4.78, 5) is 27.3. The van der Waals surface area contributed by atoms with Crippen LogP contribution in [0.5, 0.6) is 0 Å². The molecule has 1 aromatic rings. The van der Waals surface area contributed by atoms with Crippen molar-refractivity contribution in [3.8, 4) is 0 Å². The third-order valence-electron chi connectivity index (χ3n) is 3.90. The molecule has 3 rings (SSSR count). The highest BCUT2D eigenvalue weighted by Gasteiger charge is 2.31. The number of fused-ring (bicyclic) bond motifs is 1. The van der Waals surface area contributed by atoms with Gasteiger partial charge in [0.15, 0.2) is 0 Å². The summed E-state index contributed by atoms with van der Waals surface area (Å²) in [6.45, 7) is 1.25. The van der Waals surface area contributed by atoms with Gasteiger partial charge in [-0.15, -0.1) is 0 Å². The van der Waals surface area contributed by atoms with Crippen LogP contribution in [0.3, 0.4) is 0 Å². The van der Waals surface area contributed by atoms with Gasteiger partial charge in [-0.25, -0.2) is 0 Å². The van der Waals surface area contributed by atoms with E-state index < -0.39 is 0 Å². The van der Waals surface area contributed by atoms with Crippen LogP contribution in [0.2, 0.25) is 0 Å². The van der Waals surface area contributed by atoms with E-state index >= 15 is 0 Å². The molecule has 0 atom stereocenters. The van der Waals surface area contributed by atoms with Crippen LogP contribution in [0, 0.1) is 0 Å². The van der Waals surface area contributed by atoms with Gasteiger partial charge in [-0.05, 0) is 25.7 Å². The standard InChI is InChI=1S/C13H17N3O3/c1-15-6-7-16(8-11(15)17)13(18)12-9-4-2-3-5-10(9)14-19-12/h2-8H2,1H3. The Morgan fingerprint density at radius 1 is 1.26 bits per heavy atom. The van der Waals surface area contributed by atoms with E-state index in [1.165, 1.54) is 0 Å². The van der Waals surface area contributed by atoms with Gasteiger partial charge < -0.3 is 14.3 Å². The van der Waals surface area contributed by atoms with Crippen LogP contribution < -0.4 is 0 Å². The molecule has 102 valence electrons. The molecule has 2 aliphatic rings. The molecule has 0 N–H and O–H groups in total. The fourth-order valence-electron chi connectivity index (χ4n) is 2.63. The molecule has 0 radical (unpaired) electrons. The first-order valence-electron chi connectivity index (χ1n) is 6.67. The fraction of sp³-hybridized carbons (Fsp3) is 0.615. The molecule has 1 fully saturated rings. The summed E-state index contributed by atoms with van der Waals surface area (Å²) >= 11 is 0. The van der Waals surface area contributed by atoms with E-state index in [9.17, 15) is 9.59 Å². The van der Waals surface area contributed by atoms with Crippen LogP contribution in [0.1, 0.15) is 34.7 Å². The Kier molecular flexibility index (Phi) is 3.00. The van der Waals surface area contributed by atoms with Gasteiger partial charge in [0, 0.05) is 25.7 Å². The lowest BCUT2D eigenvalue weighted by Crippen LogP contribution is -2.50. The largest absolute Gasteiger partial charge is 0.350 e. The van der Waals surface area contributed by atoms with Crippen molar-refractivity contribution >= 4 is 11.8 Å². The zero-order chi connectivity index (χ0) is 13.4. The number of aromatic nitrogens is 1. The number of hydrogen-bond donors (Lipinski definition) is 0. The predicted octanol–water partition coefficient (Wildman–Crippen LogP) is 0.468. The van der Waals surface area contributed by atoms with Gasteiger partial charge in [-0.1, -0.05) is 5.16 Å². The van der Waals surface area contributed by atoms with Gasteiger partial charge >= 0.3 is 0 Å². The smallest absolute Gasteiger partial charge is 0.293 e. The third kappa shape index (κ3) is 2.11. The topological polar surface area (TPSA) is 66.7 Å². The maximum absolute atomic E-state index is 12.4. The minimum Gasteiger partial charge on any atom is -0.350 e. The number of nitrogens with zero attached hydrogens (tertiary/aromatic N) is 3. The van der Waals surface area contributed by atoms with Crippen molar-refractivity contribution < 1.29 is 14.1 Å². The highest BCUT2D eigenvalue weighted by atomic mass is 16.5. The van der Waals surface area contributed by atoms with Gasteiger partial charge in [0.25, 0.3) is 5.91 Å². The SMILES string of the molecule is CN1CCN(C(=O)c2onc3c2CCCC3)CC1=O. The van der Waals surface area contributed by atoms with Crippen molar-refractivity contribution in [2.24, 2.45) is 0 Å². The first-order chi connectivity index (χ1) is 9.16. The molecule has 6 heteroatoms. The Balaban J connectivity index is 1.81. The quantitative estimate of drug-likeness (QED) is 0.738. The molecule has 2 amide bonds. The van der Waals surface area contributed by atoms with Crippen LogP contribution in [-0.4, -0.2) is 53.5 Å². The number of amides is 2. The average molecular weight is 263 g/mol. The molecule has 1 aliphatic heterocycles. The van der Waals surface area contributed by atoms with E-state index in [-0.39, 0.29) is 18.4 Å². The summed E-state index contributed by atoms with van der Waals surface area (Å²) in [6, 6.07) is 0. The lowest BCUT2D eigenvalue weighted by molar-refractivity contribution is -0.133. The van der Waals surface area contributed by atoms with E-state index in [4.69, 9.17) is 4.52 Å². The fourth-order valence-corrected chi connectivity index (χ4v) is 2.63. The number of hydrogen-bond acceptors (Lipinski definition) is 4. The van der Waals surface area contributed by atoms with Crippen LogP contribution in [0.4, 0.5) is 0 Å². The lowest BCUT2D eigenvalue weighted by Gasteiger charge is -2.31. The zero-order valence-corrected chi connectivity index (χ0v) is 11.0. The van der Waals surface area contributed by atoms with Crippen molar-refractivity contribution in [3.05, 3.63) is 17.0 Å². The molecular weight excluding hydrogens is 246 g/mol. The van der Waals surface area contributed by atoms with Crippen LogP contribution in [0.25, 0.3) is 0 Å². The molecule has 1 aromatic heterocycles. The highest BCUT2D eigenvalue weighted by molar-refractivity contribution is 5.96. The van der Waals surface area contributed by atoms with Gasteiger partial charge in [0.05, 0.1) is 5.69 Å². The Morgan fingerprint density at radius 3 is 2.84 bits per heavy atom. The Morgan fingerprint density at radius 2 is 2.05 bits per heavy atom. The summed E-state index contributed by atoms with van der Waals surface area (Å²) in [7, 11) is 1.75. The maximum atomic E-state index is 12.4. The highest BCUT2D eigenvalue weighted by Crippen LogP contribution is 2.25. The lowest BCUT2D eigenvalue weighted by atomic mass is 9.96. The van der Waals surface area contributed by atoms with E-state index in [0.29, 0.717) is 18.8 Å². The summed E-state index contributed by atoms with van der Waals surface area (Å²) in [6.07, 6.45) is 3.89. The summed E-state index contributed by atoms with van der Waals surface area (Å²) in [5.41, 5.74) is 1.86. The Hall–Kier alpha value is -1.85. The Labute approximate surface area is 111 Å². The number of carbonyl (C=O) groups is 2. The first-order valence-corrected chi connectivity index (χ1v) is 6.67. The Bertz CT molecular complexity index is 523. The van der Waals surface area contributed by atoms with E-state index in [0.717, 1.165) is 36.9 Å². The van der Waals surface area contributed by atoms with Gasteiger partial charge in [-0.3, -0.25) is 9.59 Å². The summed E-state index contributed by atoms with van der Waals surface area (Å²) in [5, 5.41) is 3.99. The number of piperazine rings is 1. The van der Waals surface area contributed by atoms with Crippen LogP contribution >= 0.6 is 0 Å². The molecular formula is C13H17N3O3. The molecule has 2 heterocycles. The van der Waals surface area contributed by atoms with Crippen molar-refractivity contribution in [1.82, 2.24) is 15.0 Å². The van der Waals surface area contributed by atoms with Crippen molar-refractivity contribution in [2.75, 3.05) is 26.7 Å². The third-order valence-corrected chi connectivity index (χ3v) is 3.90. The van der Waals surface area contributed by atoms with Gasteiger partial charge in [0.2, 0.25) is 11.7 Å². The zero-order valence-electron chi connectivity index (χ0n) is 11.0. The molecule has 1 aliphatic carbocycles. The number of rotatable bonds is 1. The van der Waals surface area contributed by atoms with Crippen LogP contribution in [0.15, 0.2) is 4.52 Å². The minimum absolute atomic E-state index is 0.0343. The molecule has 0 bridgehead atoms. The second kappa shape index (κ2) is 4.68. The normalized spacial score (nSPS) is 19.5. The molecule has 1 saturated heterocycles. The second-order valence-corrected chi connectivity index (χ2v) is 5.19. The summed E-state index contributed by atoms with van der Waals surface area (Å²) < 4.78 is 5.23. The molecule has 0 spiro atoms. The van der Waals surface area contributed by atoms with Gasteiger partial charge in [-0.2, -0.15) is 0 Å². The monoisotopic (exact) mass is 263 g/mol. The molecule has 0 saturated carbocycles. The number of aryl methyl sites for hydroxylation is 1. The number of carbonyl (C=O) groups excluding carboxylic acids is 2. The maximum Gasteiger partial charge on any atom is 0.293 e. The molecule has 0 unspecified atom stereocenters. The van der Waals surface area contributed by atoms with Crippen molar-refractivity contribution in [1.29, 1.82) is 0 Å². The van der Waals surface area contributed by atoms with E-state index in [1.54, 1.807) is 16.8 Å². The number of likely N-dealkylation sites (N-methyl/N-ethyl adjacent to an activating group) is 1. The van der Waals surface area contributed by atoms with E-state index in [1.807, 2.05) is 0 Å². The van der Waals surface area contributed by atoms with E-state index in [2.05, 4.69) is 5.16 Å². The summed E-state index contributed by atoms with van der Waals surface area (Å²) in [5.74, 6) is 0.108. The molecule has 6 nitrogen and oxygen atoms in total. The molecule has 0 aromatic carbocycles. The predicted molar refractivity (Wildman–Crippen MR) is 66.7 cm³/mol. The van der Waals surface area contributed by atoms with Crippen molar-refractivity contribution in [2.45, 2.75) is 25.7 Å². The second-order valence-electron chi connectivity index (χ2n) is 5.19. The van der Waals surface area contributed by atoms with Crippen molar-refractivity contribution in [3.63, 3.8) is 0 Å². The molecule has 19 heavy (non-hydrogen) atoms. The average Bonchev–Trinajstić information content (AvgIpc) is 2.85. The van der Waals surface area contributed by atoms with Crippen LogP contribution in [-0.2, 0) is 17.6 Å². The first kappa shape index (κ1) is 12.2. The minimum atomic E-state index is -0.197. The van der Waals surface area contributed by atoms with Gasteiger partial charge in [0.1, 0.15) is 6.54 Å².